The fourth-order valence-electron chi connectivity index (χ4n) is 0. The Labute approximate surface area is 214 Å². The maximum Gasteiger partial charge on any atom is 0.330 e. The van der Waals surface area contributed by atoms with Crippen LogP contribution >= 0.6 is 0 Å². The molecule has 0 bridgehead atoms. The van der Waals surface area contributed by atoms with E-state index in [4.69, 9.17) is 25.5 Å². The van der Waals surface area contributed by atoms with Crippen molar-refractivity contribution in [2.24, 2.45) is 0 Å². The zero-order chi connectivity index (χ0) is 31.8. The van der Waals surface area contributed by atoms with Crippen molar-refractivity contribution in [1.29, 1.82) is 0 Å². The molecule has 10 nitrogen and oxygen atoms in total. The SMILES string of the molecule is C=C.C=C.C=C.C=C(C)C(=O)O.C=C(C)C(=O)O.C=C(C)C(=O)O.C=C(C)C(=O)O.C=C(C)C(=O)O. The topological polar surface area (TPSA) is 186 Å². The lowest BCUT2D eigenvalue weighted by atomic mass is 10.4. The molecule has 0 fully saturated rings. The van der Waals surface area contributed by atoms with Gasteiger partial charge in [0.1, 0.15) is 0 Å². The van der Waals surface area contributed by atoms with E-state index in [2.05, 4.69) is 72.4 Å². The van der Waals surface area contributed by atoms with Gasteiger partial charge < -0.3 is 25.5 Å². The second kappa shape index (κ2) is 40.6. The van der Waals surface area contributed by atoms with E-state index in [-0.39, 0.29) is 27.9 Å². The highest BCUT2D eigenvalue weighted by atomic mass is 16.4. The van der Waals surface area contributed by atoms with Gasteiger partial charge in [-0.3, -0.25) is 0 Å². The van der Waals surface area contributed by atoms with Gasteiger partial charge in [-0.25, -0.2) is 24.0 Å². The van der Waals surface area contributed by atoms with Gasteiger partial charge in [-0.1, -0.05) is 32.9 Å². The molecule has 0 saturated carbocycles. The average molecular weight is 515 g/mol. The lowest BCUT2D eigenvalue weighted by Crippen LogP contribution is -1.92. The van der Waals surface area contributed by atoms with Crippen LogP contribution in [-0.4, -0.2) is 55.4 Å². The van der Waals surface area contributed by atoms with E-state index < -0.39 is 29.8 Å². The molecule has 0 rings (SSSR count). The molecule has 0 amide bonds. The predicted octanol–water partition coefficient (Wildman–Crippen LogP) is 5.64. The minimum atomic E-state index is -0.935. The standard InChI is InChI=1S/5C4H6O2.3C2H4/c5*1-3(2)4(5)6;3*1-2/h5*1H2,2H3,(H,5,6);3*1-2H2. The van der Waals surface area contributed by atoms with Crippen LogP contribution in [0.4, 0.5) is 0 Å². The van der Waals surface area contributed by atoms with Crippen molar-refractivity contribution in [2.45, 2.75) is 34.6 Å². The van der Waals surface area contributed by atoms with Gasteiger partial charge in [0, 0.05) is 27.9 Å². The monoisotopic (exact) mass is 514 g/mol. The summed E-state index contributed by atoms with van der Waals surface area (Å²) in [5.74, 6) is -4.68. The molecule has 0 aliphatic rings. The minimum absolute atomic E-state index is 0.176. The molecule has 0 aromatic carbocycles. The van der Waals surface area contributed by atoms with Gasteiger partial charge in [-0.2, -0.15) is 0 Å². The highest BCUT2D eigenvalue weighted by Crippen LogP contribution is 1.83. The number of rotatable bonds is 5. The van der Waals surface area contributed by atoms with Crippen LogP contribution in [0.25, 0.3) is 0 Å². The summed E-state index contributed by atoms with van der Waals surface area (Å²) in [6.45, 7) is 41.0. The normalized spacial score (nSPS) is 6.58. The molecule has 206 valence electrons. The van der Waals surface area contributed by atoms with Gasteiger partial charge in [-0.15, -0.1) is 39.5 Å². The van der Waals surface area contributed by atoms with E-state index in [1.807, 2.05) is 0 Å². The molecule has 0 aliphatic carbocycles. The highest BCUT2D eigenvalue weighted by molar-refractivity contribution is 5.86. The van der Waals surface area contributed by atoms with Gasteiger partial charge in [0.15, 0.2) is 0 Å². The fourth-order valence-corrected chi connectivity index (χ4v) is 0. The second-order valence-corrected chi connectivity index (χ2v) is 5.43. The first-order valence-electron chi connectivity index (χ1n) is 9.16. The number of carboxylic acid groups (broad SMARTS) is 5. The molecule has 0 heterocycles. The summed E-state index contributed by atoms with van der Waals surface area (Å²) in [5, 5.41) is 39.5. The molecule has 0 saturated heterocycles. The van der Waals surface area contributed by atoms with Crippen LogP contribution in [0, 0.1) is 0 Å². The molecule has 5 N–H and O–H groups in total. The van der Waals surface area contributed by atoms with Crippen LogP contribution in [0.15, 0.2) is 100 Å². The molecule has 0 radical (unpaired) electrons. The quantitative estimate of drug-likeness (QED) is 0.227. The lowest BCUT2D eigenvalue weighted by Gasteiger charge is -1.79. The Balaban J connectivity index is -0.0000000430. The number of carbonyl (C=O) groups is 5. The van der Waals surface area contributed by atoms with Crippen molar-refractivity contribution in [3.05, 3.63) is 100 Å². The number of aliphatic carboxylic acids is 5. The van der Waals surface area contributed by atoms with Gasteiger partial charge in [-0.05, 0) is 34.6 Å². The first kappa shape index (κ1) is 52.9. The third-order valence-corrected chi connectivity index (χ3v) is 1.83. The number of hydrogen-bond acceptors (Lipinski definition) is 5. The van der Waals surface area contributed by atoms with E-state index in [9.17, 15) is 24.0 Å². The largest absolute Gasteiger partial charge is 0.478 e. The molecule has 0 aromatic rings. The fraction of sp³-hybridized carbons (Fsp3) is 0.192. The molecular weight excluding hydrogens is 472 g/mol. The van der Waals surface area contributed by atoms with Crippen LogP contribution in [-0.2, 0) is 24.0 Å². The first-order chi connectivity index (χ1) is 16.2. The van der Waals surface area contributed by atoms with Crippen LogP contribution in [0.2, 0.25) is 0 Å². The van der Waals surface area contributed by atoms with Crippen LogP contribution in [0.5, 0.6) is 0 Å². The maximum atomic E-state index is 9.60. The van der Waals surface area contributed by atoms with E-state index in [0.29, 0.717) is 0 Å². The molecule has 0 aliphatic heterocycles. The Morgan fingerprint density at radius 3 is 0.361 bits per heavy atom. The molecule has 0 atom stereocenters. The molecule has 0 aromatic heterocycles. The van der Waals surface area contributed by atoms with Gasteiger partial charge in [0.25, 0.3) is 0 Å². The smallest absolute Gasteiger partial charge is 0.330 e. The first-order valence-corrected chi connectivity index (χ1v) is 9.16. The Morgan fingerprint density at radius 1 is 0.333 bits per heavy atom. The highest BCUT2D eigenvalue weighted by Gasteiger charge is 1.92. The average Bonchev–Trinajstić information content (AvgIpc) is 2.79. The van der Waals surface area contributed by atoms with Crippen molar-refractivity contribution < 1.29 is 49.5 Å². The van der Waals surface area contributed by atoms with Crippen LogP contribution < -0.4 is 0 Å². The summed E-state index contributed by atoms with van der Waals surface area (Å²) in [7, 11) is 0. The Bertz CT molecular complexity index is 540. The van der Waals surface area contributed by atoms with Gasteiger partial charge >= 0.3 is 29.8 Å². The summed E-state index contributed by atoms with van der Waals surface area (Å²) in [4.78, 5) is 48.0. The Morgan fingerprint density at radius 2 is 0.361 bits per heavy atom. The zero-order valence-corrected chi connectivity index (χ0v) is 22.1. The summed E-state index contributed by atoms with van der Waals surface area (Å²) >= 11 is 0. The summed E-state index contributed by atoms with van der Waals surface area (Å²) in [6.07, 6.45) is 0. The van der Waals surface area contributed by atoms with Crippen molar-refractivity contribution in [1.82, 2.24) is 0 Å². The summed E-state index contributed by atoms with van der Waals surface area (Å²) in [5.41, 5.74) is 0.880. The maximum absolute atomic E-state index is 9.60. The summed E-state index contributed by atoms with van der Waals surface area (Å²) in [6, 6.07) is 0. The predicted molar refractivity (Wildman–Crippen MR) is 146 cm³/mol. The third-order valence-electron chi connectivity index (χ3n) is 1.83. The van der Waals surface area contributed by atoms with Crippen molar-refractivity contribution in [3.63, 3.8) is 0 Å². The van der Waals surface area contributed by atoms with E-state index in [1.54, 1.807) is 0 Å². The number of carboxylic acids is 5. The van der Waals surface area contributed by atoms with E-state index in [1.165, 1.54) is 34.6 Å². The van der Waals surface area contributed by atoms with Crippen LogP contribution in [0.1, 0.15) is 34.6 Å². The number of hydrogen-bond donors (Lipinski definition) is 5. The summed E-state index contributed by atoms with van der Waals surface area (Å²) < 4.78 is 0. The van der Waals surface area contributed by atoms with E-state index in [0.717, 1.165) is 0 Å². The van der Waals surface area contributed by atoms with Gasteiger partial charge in [0.2, 0.25) is 0 Å². The van der Waals surface area contributed by atoms with Crippen molar-refractivity contribution >= 4 is 29.8 Å². The van der Waals surface area contributed by atoms with Crippen molar-refractivity contribution in [2.75, 3.05) is 0 Å². The minimum Gasteiger partial charge on any atom is -0.478 e. The molecule has 36 heavy (non-hydrogen) atoms. The lowest BCUT2D eigenvalue weighted by molar-refractivity contribution is -0.133. The third kappa shape index (κ3) is 100. The molecule has 10 heteroatoms. The van der Waals surface area contributed by atoms with Crippen LogP contribution in [0.3, 0.4) is 0 Å². The van der Waals surface area contributed by atoms with Crippen molar-refractivity contribution in [3.8, 4) is 0 Å². The second-order valence-electron chi connectivity index (χ2n) is 5.43. The Hall–Kier alpha value is -4.73. The van der Waals surface area contributed by atoms with Gasteiger partial charge in [0.05, 0.1) is 0 Å². The zero-order valence-electron chi connectivity index (χ0n) is 22.1. The Kier molecular flexibility index (Phi) is 59.7. The molecule has 0 unspecified atom stereocenters. The van der Waals surface area contributed by atoms with E-state index >= 15 is 0 Å². The molecular formula is C26H42O10. The molecule has 0 spiro atoms.